The van der Waals surface area contributed by atoms with Gasteiger partial charge in [0.2, 0.25) is 5.88 Å². The number of rotatable bonds is 5. The third-order valence-corrected chi connectivity index (χ3v) is 5.98. The Balaban J connectivity index is 1.45. The van der Waals surface area contributed by atoms with E-state index >= 15 is 0 Å². The molecule has 1 atom stereocenters. The Labute approximate surface area is 195 Å². The Morgan fingerprint density at radius 1 is 1.15 bits per heavy atom. The molecule has 9 heteroatoms. The Morgan fingerprint density at radius 3 is 2.74 bits per heavy atom. The lowest BCUT2D eigenvalue weighted by Gasteiger charge is -2.22. The first-order valence-corrected chi connectivity index (χ1v) is 11.1. The number of allylic oxidation sites excluding steroid dienone is 1. The number of benzene rings is 1. The van der Waals surface area contributed by atoms with Crippen molar-refractivity contribution in [2.75, 3.05) is 7.11 Å². The van der Waals surface area contributed by atoms with Crippen molar-refractivity contribution in [3.63, 3.8) is 0 Å². The minimum atomic E-state index is -0.849. The van der Waals surface area contributed by atoms with E-state index in [4.69, 9.17) is 9.72 Å². The van der Waals surface area contributed by atoms with E-state index in [0.717, 1.165) is 42.2 Å². The Hall–Kier alpha value is -3.88. The van der Waals surface area contributed by atoms with Crippen molar-refractivity contribution in [2.45, 2.75) is 39.2 Å². The van der Waals surface area contributed by atoms with E-state index in [0.29, 0.717) is 23.0 Å². The van der Waals surface area contributed by atoms with Gasteiger partial charge in [-0.1, -0.05) is 6.07 Å². The maximum Gasteiger partial charge on any atom is 0.238 e. The quantitative estimate of drug-likeness (QED) is 0.420. The second-order valence-corrected chi connectivity index (χ2v) is 8.40. The molecule has 0 bridgehead atoms. The first kappa shape index (κ1) is 21.9. The molecule has 1 unspecified atom stereocenters. The van der Waals surface area contributed by atoms with Crippen molar-refractivity contribution in [1.82, 2.24) is 29.3 Å². The van der Waals surface area contributed by atoms with Gasteiger partial charge < -0.3 is 9.30 Å². The van der Waals surface area contributed by atoms with E-state index in [-0.39, 0.29) is 5.92 Å². The van der Waals surface area contributed by atoms with Gasteiger partial charge in [0.15, 0.2) is 17.5 Å². The van der Waals surface area contributed by atoms with E-state index in [9.17, 15) is 8.78 Å². The molecule has 3 aromatic heterocycles. The second kappa shape index (κ2) is 8.81. The molecule has 4 aromatic rings. The van der Waals surface area contributed by atoms with Gasteiger partial charge in [0.05, 0.1) is 24.8 Å². The summed E-state index contributed by atoms with van der Waals surface area (Å²) in [6.07, 6.45) is 7.22. The molecule has 0 saturated heterocycles. The number of imidazole rings is 1. The fourth-order valence-electron chi connectivity index (χ4n) is 4.28. The SMILES string of the molecule is COc1nc(/C=C(\C)c2nc3n(n2)CCCC3c2ccc(F)c(F)c2)ccc1-n1cnc(C)c1. The number of nitrogens with zero attached hydrogens (tertiary/aromatic N) is 6. The average Bonchev–Trinajstić information content (AvgIpc) is 3.47. The number of aromatic nitrogens is 6. The summed E-state index contributed by atoms with van der Waals surface area (Å²) in [5, 5.41) is 4.67. The molecule has 0 aliphatic carbocycles. The van der Waals surface area contributed by atoms with Gasteiger partial charge >= 0.3 is 0 Å². The predicted octanol–water partition coefficient (Wildman–Crippen LogP) is 4.94. The summed E-state index contributed by atoms with van der Waals surface area (Å²) in [6, 6.07) is 7.87. The number of ether oxygens (including phenoxy) is 1. The highest BCUT2D eigenvalue weighted by Gasteiger charge is 2.27. The lowest BCUT2D eigenvalue weighted by molar-refractivity contribution is 0.395. The number of methoxy groups -OCH3 is 1. The van der Waals surface area contributed by atoms with Gasteiger partial charge in [0.25, 0.3) is 0 Å². The van der Waals surface area contributed by atoms with E-state index in [1.54, 1.807) is 19.5 Å². The van der Waals surface area contributed by atoms with Crippen molar-refractivity contribution in [2.24, 2.45) is 0 Å². The fraction of sp³-hybridized carbons (Fsp3) is 0.280. The Kier molecular flexibility index (Phi) is 5.69. The van der Waals surface area contributed by atoms with E-state index in [1.165, 1.54) is 12.1 Å². The molecule has 1 aromatic carbocycles. The molecule has 4 heterocycles. The fourth-order valence-corrected chi connectivity index (χ4v) is 4.28. The van der Waals surface area contributed by atoms with Crippen molar-refractivity contribution < 1.29 is 13.5 Å². The first-order chi connectivity index (χ1) is 16.4. The number of hydrogen-bond acceptors (Lipinski definition) is 5. The van der Waals surface area contributed by atoms with Crippen LogP contribution in [0.15, 0.2) is 42.9 Å². The topological polar surface area (TPSA) is 70.7 Å². The number of fused-ring (bicyclic) bond motifs is 1. The minimum Gasteiger partial charge on any atom is -0.479 e. The summed E-state index contributed by atoms with van der Waals surface area (Å²) in [5.41, 5.74) is 3.95. The van der Waals surface area contributed by atoms with Gasteiger partial charge in [0, 0.05) is 18.7 Å². The number of hydrogen-bond donors (Lipinski definition) is 0. The summed E-state index contributed by atoms with van der Waals surface area (Å²) >= 11 is 0. The maximum absolute atomic E-state index is 13.8. The molecule has 1 aliphatic heterocycles. The van der Waals surface area contributed by atoms with Gasteiger partial charge in [-0.3, -0.25) is 0 Å². The average molecular weight is 463 g/mol. The highest BCUT2D eigenvalue weighted by Crippen LogP contribution is 2.33. The van der Waals surface area contributed by atoms with Crippen molar-refractivity contribution in [3.8, 4) is 11.6 Å². The summed E-state index contributed by atoms with van der Waals surface area (Å²) < 4.78 is 36.5. The van der Waals surface area contributed by atoms with Crippen molar-refractivity contribution in [3.05, 3.63) is 83.1 Å². The third kappa shape index (κ3) is 4.09. The van der Waals surface area contributed by atoms with Crippen LogP contribution in [0.1, 0.15) is 54.3 Å². The molecule has 174 valence electrons. The Morgan fingerprint density at radius 2 is 2.00 bits per heavy atom. The molecule has 0 N–H and O–H groups in total. The first-order valence-electron chi connectivity index (χ1n) is 11.1. The van der Waals surface area contributed by atoms with Crippen LogP contribution >= 0.6 is 0 Å². The summed E-state index contributed by atoms with van der Waals surface area (Å²) in [6.45, 7) is 4.58. The van der Waals surface area contributed by atoms with Crippen LogP contribution in [0.5, 0.6) is 5.88 Å². The monoisotopic (exact) mass is 462 g/mol. The number of aryl methyl sites for hydroxylation is 2. The standard InChI is InChI=1S/C25H24F2N6O/c1-15(11-18-7-9-22(25(29-18)34-3)32-13-16(2)28-14-32)23-30-24-19(5-4-10-33(24)31-23)17-6-8-20(26)21(27)12-17/h6-9,11-14,19H,4-5,10H2,1-3H3/b15-11+. The van der Waals surface area contributed by atoms with Crippen LogP contribution in [0.25, 0.3) is 17.3 Å². The van der Waals surface area contributed by atoms with Crippen molar-refractivity contribution >= 4 is 11.6 Å². The normalized spacial score (nSPS) is 15.9. The smallest absolute Gasteiger partial charge is 0.238 e. The zero-order valence-electron chi connectivity index (χ0n) is 19.2. The molecule has 0 amide bonds. The van der Waals surface area contributed by atoms with Crippen LogP contribution in [0.2, 0.25) is 0 Å². The summed E-state index contributed by atoms with van der Waals surface area (Å²) in [7, 11) is 1.58. The van der Waals surface area contributed by atoms with Crippen LogP contribution in [-0.2, 0) is 6.54 Å². The molecule has 0 saturated carbocycles. The van der Waals surface area contributed by atoms with Crippen LogP contribution in [0.3, 0.4) is 0 Å². The van der Waals surface area contributed by atoms with Crippen molar-refractivity contribution in [1.29, 1.82) is 0 Å². The zero-order chi connectivity index (χ0) is 23.8. The second-order valence-electron chi connectivity index (χ2n) is 8.40. The van der Waals surface area contributed by atoms with Gasteiger partial charge in [-0.25, -0.2) is 28.4 Å². The highest BCUT2D eigenvalue weighted by atomic mass is 19.2. The van der Waals surface area contributed by atoms with Crippen LogP contribution < -0.4 is 4.74 Å². The zero-order valence-corrected chi connectivity index (χ0v) is 19.2. The van der Waals surface area contributed by atoms with Gasteiger partial charge in [-0.05, 0) is 68.2 Å². The van der Waals surface area contributed by atoms with Crippen LogP contribution in [-0.4, -0.2) is 36.4 Å². The summed E-state index contributed by atoms with van der Waals surface area (Å²) in [5.74, 6) is -0.00297. The molecule has 0 spiro atoms. The molecule has 0 radical (unpaired) electrons. The molecule has 0 fully saturated rings. The van der Waals surface area contributed by atoms with E-state index in [2.05, 4.69) is 15.1 Å². The summed E-state index contributed by atoms with van der Waals surface area (Å²) in [4.78, 5) is 13.6. The molecule has 5 rings (SSSR count). The van der Waals surface area contributed by atoms with Crippen LogP contribution in [0, 0.1) is 18.6 Å². The van der Waals surface area contributed by atoms with Crippen LogP contribution in [0.4, 0.5) is 8.78 Å². The van der Waals surface area contributed by atoms with Gasteiger partial charge in [-0.15, -0.1) is 0 Å². The predicted molar refractivity (Wildman–Crippen MR) is 124 cm³/mol. The van der Waals surface area contributed by atoms with Gasteiger partial charge in [-0.2, -0.15) is 5.10 Å². The number of halogens is 2. The van der Waals surface area contributed by atoms with Gasteiger partial charge in [0.1, 0.15) is 11.5 Å². The largest absolute Gasteiger partial charge is 0.479 e. The lowest BCUT2D eigenvalue weighted by Crippen LogP contribution is -2.18. The highest BCUT2D eigenvalue weighted by molar-refractivity contribution is 5.76. The molecule has 1 aliphatic rings. The molecule has 34 heavy (non-hydrogen) atoms. The van der Waals surface area contributed by atoms with E-state index < -0.39 is 11.6 Å². The minimum absolute atomic E-state index is 0.131. The Bertz CT molecular complexity index is 1390. The third-order valence-electron chi connectivity index (χ3n) is 5.98. The molecular formula is C25H24F2N6O. The molecular weight excluding hydrogens is 438 g/mol. The lowest BCUT2D eigenvalue weighted by atomic mass is 9.91. The maximum atomic E-state index is 13.8. The molecule has 7 nitrogen and oxygen atoms in total. The number of pyridine rings is 1. The van der Waals surface area contributed by atoms with E-state index in [1.807, 2.05) is 47.5 Å².